The predicted octanol–water partition coefficient (Wildman–Crippen LogP) is 0.970. The van der Waals surface area contributed by atoms with Gasteiger partial charge in [-0.1, -0.05) is 71.2 Å². The molecule has 5 heteroatoms. The van der Waals surface area contributed by atoms with Crippen molar-refractivity contribution in [3.05, 3.63) is 0 Å². The summed E-state index contributed by atoms with van der Waals surface area (Å²) < 4.78 is 5.14. The van der Waals surface area contributed by atoms with Crippen LogP contribution in [0.5, 0.6) is 0 Å². The first-order chi connectivity index (χ1) is 9.33. The average Bonchev–Trinajstić information content (AvgIpc) is 2.41. The second kappa shape index (κ2) is 27.7. The molecule has 0 aliphatic carbocycles. The zero-order valence-electron chi connectivity index (χ0n) is 13.4. The van der Waals surface area contributed by atoms with Crippen molar-refractivity contribution in [1.82, 2.24) is 0 Å². The van der Waals surface area contributed by atoms with Gasteiger partial charge in [0.15, 0.2) is 0 Å². The first-order valence-electron chi connectivity index (χ1n) is 7.50. The van der Waals surface area contributed by atoms with Crippen LogP contribution in [0, 0.1) is 0 Å². The fraction of sp³-hybridized carbons (Fsp3) is 0.933. The molecule has 20 heavy (non-hydrogen) atoms. The van der Waals surface area contributed by atoms with Gasteiger partial charge >= 0.3 is 29.6 Å². The van der Waals surface area contributed by atoms with E-state index >= 15 is 0 Å². The fourth-order valence-corrected chi connectivity index (χ4v) is 1.85. The number of hydrogen-bond acceptors (Lipinski definition) is 2. The van der Waals surface area contributed by atoms with E-state index in [1.165, 1.54) is 57.8 Å². The molecule has 0 fully saturated rings. The Kier molecular flexibility index (Phi) is 35.1. The van der Waals surface area contributed by atoms with E-state index in [1.807, 2.05) is 0 Å². The molecule has 0 rings (SSSR count). The maximum Gasteiger partial charge on any atom is 1.00 e. The standard InChI is InChI=1S/C14H29O2.CHO2.Na/c1-2-3-4-5-6-7-8-9-10-11-13-16-14-12-15;2-1-3;/h2-14H2,1H3;(H,2,3);/q;-1;+1. The van der Waals surface area contributed by atoms with Gasteiger partial charge in [0.05, 0.1) is 6.61 Å². The molecule has 0 bridgehead atoms. The fourth-order valence-electron chi connectivity index (χ4n) is 1.85. The van der Waals surface area contributed by atoms with Gasteiger partial charge < -0.3 is 14.6 Å². The molecular weight excluding hydrogens is 267 g/mol. The minimum absolute atomic E-state index is 0. The van der Waals surface area contributed by atoms with Gasteiger partial charge in [0.1, 0.15) is 6.61 Å². The Morgan fingerprint density at radius 2 is 1.25 bits per heavy atom. The first kappa shape index (κ1) is 25.3. The normalized spacial score (nSPS) is 9.30. The molecule has 0 aromatic carbocycles. The predicted molar refractivity (Wildman–Crippen MR) is 76.5 cm³/mol. The molecular formula is C15H30NaO4. The van der Waals surface area contributed by atoms with Crippen molar-refractivity contribution in [2.24, 2.45) is 0 Å². The van der Waals surface area contributed by atoms with E-state index in [2.05, 4.69) is 6.92 Å². The van der Waals surface area contributed by atoms with E-state index in [4.69, 9.17) is 14.6 Å². The minimum atomic E-state index is -0.0994. The van der Waals surface area contributed by atoms with Crippen LogP contribution in [0.3, 0.4) is 0 Å². The molecule has 0 aromatic rings. The van der Waals surface area contributed by atoms with E-state index in [1.54, 1.807) is 0 Å². The van der Waals surface area contributed by atoms with Gasteiger partial charge in [-0.3, -0.25) is 0 Å². The third kappa shape index (κ3) is 31.0. The van der Waals surface area contributed by atoms with Gasteiger partial charge in [0.2, 0.25) is 0 Å². The van der Waals surface area contributed by atoms with Crippen LogP contribution in [0.4, 0.5) is 0 Å². The zero-order chi connectivity index (χ0) is 14.6. The van der Waals surface area contributed by atoms with Crippen LogP contribution in [0.1, 0.15) is 71.1 Å². The van der Waals surface area contributed by atoms with Gasteiger partial charge in [-0.15, -0.1) is 0 Å². The molecule has 0 amide bonds. The molecule has 0 unspecified atom stereocenters. The van der Waals surface area contributed by atoms with E-state index in [-0.39, 0.29) is 36.2 Å². The maximum absolute atomic E-state index is 10.1. The van der Waals surface area contributed by atoms with Gasteiger partial charge in [-0.05, 0) is 6.42 Å². The second-order valence-electron chi connectivity index (χ2n) is 4.59. The summed E-state index contributed by atoms with van der Waals surface area (Å²) in [6.45, 7) is 3.82. The number of rotatable bonds is 13. The van der Waals surface area contributed by atoms with Crippen LogP contribution in [-0.2, 0) is 14.6 Å². The number of hydrogen-bond donors (Lipinski definition) is 1. The number of unbranched alkanes of at least 4 members (excludes halogenated alkanes) is 9. The molecule has 4 nitrogen and oxygen atoms in total. The topological polar surface area (TPSA) is 66.4 Å². The van der Waals surface area contributed by atoms with Crippen molar-refractivity contribution >= 4 is 6.47 Å². The average molecular weight is 297 g/mol. The quantitative estimate of drug-likeness (QED) is 0.313. The molecule has 0 spiro atoms. The summed E-state index contributed by atoms with van der Waals surface area (Å²) in [6, 6.07) is 0. The van der Waals surface area contributed by atoms with Gasteiger partial charge in [0, 0.05) is 6.61 Å². The molecule has 0 aliphatic heterocycles. The number of ether oxygens (including phenoxy) is 1. The van der Waals surface area contributed by atoms with Crippen molar-refractivity contribution in [3.8, 4) is 0 Å². The van der Waals surface area contributed by atoms with Crippen LogP contribution in [0.15, 0.2) is 0 Å². The zero-order valence-corrected chi connectivity index (χ0v) is 15.4. The summed E-state index contributed by atoms with van der Waals surface area (Å²) in [6.07, 6.45) is 13.4. The van der Waals surface area contributed by atoms with Gasteiger partial charge in [0.25, 0.3) is 0 Å². The summed E-state index contributed by atoms with van der Waals surface area (Å²) in [5.74, 6) is 0. The SMILES string of the molecule is CCCCCCCCCCCCOCC[O].O=[C-]O.[Na+]. The monoisotopic (exact) mass is 297 g/mol. The van der Waals surface area contributed by atoms with Crippen LogP contribution in [-0.4, -0.2) is 31.4 Å². The molecule has 0 atom stereocenters. The summed E-state index contributed by atoms with van der Waals surface area (Å²) in [7, 11) is 0. The van der Waals surface area contributed by atoms with Crippen molar-refractivity contribution in [1.29, 1.82) is 0 Å². The summed E-state index contributed by atoms with van der Waals surface area (Å²) >= 11 is 0. The molecule has 0 saturated heterocycles. The van der Waals surface area contributed by atoms with Crippen LogP contribution >= 0.6 is 0 Å². The van der Waals surface area contributed by atoms with E-state index in [9.17, 15) is 5.11 Å². The van der Waals surface area contributed by atoms with E-state index in [0.717, 1.165) is 13.0 Å². The van der Waals surface area contributed by atoms with Crippen molar-refractivity contribution < 1.29 is 49.3 Å². The molecule has 1 N–H and O–H groups in total. The number of aliphatic hydroxyl groups excluding tert-OH is 1. The van der Waals surface area contributed by atoms with Crippen molar-refractivity contribution in [2.75, 3.05) is 19.8 Å². The van der Waals surface area contributed by atoms with Gasteiger partial charge in [-0.25, -0.2) is 5.11 Å². The largest absolute Gasteiger partial charge is 1.00 e. The van der Waals surface area contributed by atoms with E-state index < -0.39 is 0 Å². The Balaban J connectivity index is -0.000000657. The first-order valence-corrected chi connectivity index (χ1v) is 7.50. The Morgan fingerprint density at radius 3 is 1.65 bits per heavy atom. The van der Waals surface area contributed by atoms with Crippen LogP contribution in [0.25, 0.3) is 0 Å². The molecule has 0 saturated carbocycles. The third-order valence-corrected chi connectivity index (χ3v) is 2.87. The second-order valence-corrected chi connectivity index (χ2v) is 4.59. The minimum Gasteiger partial charge on any atom is -0.665 e. The van der Waals surface area contributed by atoms with Crippen LogP contribution in [0.2, 0.25) is 0 Å². The summed E-state index contributed by atoms with van der Waals surface area (Å²) in [5.41, 5.74) is 0. The Bertz CT molecular complexity index is 143. The Hall–Kier alpha value is 0.390. The van der Waals surface area contributed by atoms with Crippen LogP contribution < -0.4 is 29.6 Å². The molecule has 0 aliphatic rings. The van der Waals surface area contributed by atoms with Crippen molar-refractivity contribution in [2.45, 2.75) is 71.1 Å². The Morgan fingerprint density at radius 1 is 0.850 bits per heavy atom. The van der Waals surface area contributed by atoms with E-state index in [0.29, 0.717) is 13.1 Å². The van der Waals surface area contributed by atoms with Crippen molar-refractivity contribution in [3.63, 3.8) is 0 Å². The molecule has 1 radical (unpaired) electrons. The third-order valence-electron chi connectivity index (χ3n) is 2.87. The van der Waals surface area contributed by atoms with Gasteiger partial charge in [-0.2, -0.15) is 0 Å². The summed E-state index contributed by atoms with van der Waals surface area (Å²) in [4.78, 5) is 8.24. The smallest absolute Gasteiger partial charge is 0.665 e. The summed E-state index contributed by atoms with van der Waals surface area (Å²) in [5, 5.41) is 16.9. The Labute approximate surface area is 146 Å². The molecule has 0 heterocycles. The molecule has 0 aromatic heterocycles. The maximum atomic E-state index is 10.1. The molecule has 115 valence electrons.